The second kappa shape index (κ2) is 6.74. The van der Waals surface area contributed by atoms with Gasteiger partial charge >= 0.3 is 0 Å². The van der Waals surface area contributed by atoms with Gasteiger partial charge in [0, 0.05) is 36.9 Å². The Balaban J connectivity index is 1.58. The van der Waals surface area contributed by atoms with Crippen molar-refractivity contribution in [2.24, 2.45) is 7.05 Å². The molecule has 0 spiro atoms. The zero-order valence-electron chi connectivity index (χ0n) is 16.8. The van der Waals surface area contributed by atoms with Gasteiger partial charge in [-0.2, -0.15) is 9.40 Å². The monoisotopic (exact) mass is 420 g/mol. The third kappa shape index (κ3) is 4.08. The third-order valence-electron chi connectivity index (χ3n) is 4.95. The fourth-order valence-electron chi connectivity index (χ4n) is 3.48. The predicted octanol–water partition coefficient (Wildman–Crippen LogP) is 1.41. The molecule has 0 radical (unpaired) electrons. The quantitative estimate of drug-likeness (QED) is 0.785. The number of benzene rings is 1. The van der Waals surface area contributed by atoms with Crippen LogP contribution in [0.3, 0.4) is 0 Å². The van der Waals surface area contributed by atoms with Crippen LogP contribution in [0.4, 0.5) is 5.82 Å². The van der Waals surface area contributed by atoms with E-state index >= 15 is 0 Å². The molecule has 4 rings (SSSR count). The summed E-state index contributed by atoms with van der Waals surface area (Å²) in [5.74, 6) is 1.29. The van der Waals surface area contributed by atoms with Gasteiger partial charge in [0.25, 0.3) is 5.91 Å². The van der Waals surface area contributed by atoms with Crippen molar-refractivity contribution in [1.29, 1.82) is 0 Å². The Morgan fingerprint density at radius 3 is 2.69 bits per heavy atom. The lowest BCUT2D eigenvalue weighted by atomic mass is 9.99. The molecule has 1 aromatic heterocycles. The predicted molar refractivity (Wildman–Crippen MR) is 107 cm³/mol. The molecule has 0 atom stereocenters. The Kier molecular flexibility index (Phi) is 4.58. The standard InChI is InChI=1S/C19H24N4O5S/c1-19(2)9-14-15(27-13-10-23(11-13)29(4,25)26)7-12(8-16(14)28-19)18(24)20-17-5-6-22(3)21-17/h5-8,13H,9-11H2,1-4H3,(H,20,21,24). The number of carbonyl (C=O) groups is 1. The number of fused-ring (bicyclic) bond motifs is 1. The van der Waals surface area contributed by atoms with E-state index in [9.17, 15) is 13.2 Å². The van der Waals surface area contributed by atoms with Crippen LogP contribution in [0.25, 0.3) is 0 Å². The van der Waals surface area contributed by atoms with Crippen LogP contribution in [0.2, 0.25) is 0 Å². The van der Waals surface area contributed by atoms with E-state index in [1.165, 1.54) is 10.6 Å². The number of nitrogens with zero attached hydrogens (tertiary/aromatic N) is 3. The summed E-state index contributed by atoms with van der Waals surface area (Å²) in [5.41, 5.74) is 0.873. The maximum atomic E-state index is 12.7. The highest BCUT2D eigenvalue weighted by atomic mass is 32.2. The number of nitrogens with one attached hydrogen (secondary N) is 1. The van der Waals surface area contributed by atoms with Gasteiger partial charge in [-0.15, -0.1) is 0 Å². The summed E-state index contributed by atoms with van der Waals surface area (Å²) in [6.45, 7) is 4.53. The molecule has 1 saturated heterocycles. The van der Waals surface area contributed by atoms with Gasteiger partial charge in [0.1, 0.15) is 23.2 Å². The van der Waals surface area contributed by atoms with Gasteiger partial charge in [-0.25, -0.2) is 8.42 Å². The summed E-state index contributed by atoms with van der Waals surface area (Å²) >= 11 is 0. The molecule has 1 aromatic carbocycles. The molecule has 0 aliphatic carbocycles. The van der Waals surface area contributed by atoms with E-state index in [0.717, 1.165) is 5.56 Å². The lowest BCUT2D eigenvalue weighted by Crippen LogP contribution is -2.55. The first kappa shape index (κ1) is 19.7. The molecule has 156 valence electrons. The zero-order valence-corrected chi connectivity index (χ0v) is 17.6. The summed E-state index contributed by atoms with van der Waals surface area (Å²) in [7, 11) is -1.45. The van der Waals surface area contributed by atoms with Crippen molar-refractivity contribution < 1.29 is 22.7 Å². The number of amides is 1. The van der Waals surface area contributed by atoms with Crippen LogP contribution in [-0.4, -0.2) is 59.5 Å². The fourth-order valence-corrected chi connectivity index (χ4v) is 4.35. The number of sulfonamides is 1. The van der Waals surface area contributed by atoms with Crippen molar-refractivity contribution in [3.8, 4) is 11.5 Å². The summed E-state index contributed by atoms with van der Waals surface area (Å²) in [6.07, 6.45) is 3.30. The van der Waals surface area contributed by atoms with Crippen molar-refractivity contribution in [2.75, 3.05) is 24.7 Å². The number of hydrogen-bond donors (Lipinski definition) is 1. The molecule has 0 bridgehead atoms. The maximum absolute atomic E-state index is 12.7. The van der Waals surface area contributed by atoms with Gasteiger partial charge in [-0.1, -0.05) is 0 Å². The van der Waals surface area contributed by atoms with Gasteiger partial charge < -0.3 is 14.8 Å². The molecule has 1 amide bonds. The summed E-state index contributed by atoms with van der Waals surface area (Å²) in [6, 6.07) is 5.10. The Bertz CT molecular complexity index is 1070. The fraction of sp³-hybridized carbons (Fsp3) is 0.474. The lowest BCUT2D eigenvalue weighted by Gasteiger charge is -2.37. The van der Waals surface area contributed by atoms with Crippen molar-refractivity contribution in [3.63, 3.8) is 0 Å². The Labute approximate surface area is 169 Å². The zero-order chi connectivity index (χ0) is 21.0. The molecule has 3 heterocycles. The molecule has 1 fully saturated rings. The van der Waals surface area contributed by atoms with Crippen molar-refractivity contribution in [1.82, 2.24) is 14.1 Å². The highest BCUT2D eigenvalue weighted by Crippen LogP contribution is 2.42. The maximum Gasteiger partial charge on any atom is 0.257 e. The number of aryl methyl sites for hydroxylation is 1. The number of rotatable bonds is 5. The second-order valence-electron chi connectivity index (χ2n) is 8.14. The van der Waals surface area contributed by atoms with E-state index in [0.29, 0.717) is 42.4 Å². The number of aromatic nitrogens is 2. The average Bonchev–Trinajstić information content (AvgIpc) is 3.09. The van der Waals surface area contributed by atoms with E-state index in [2.05, 4.69) is 10.4 Å². The van der Waals surface area contributed by atoms with E-state index < -0.39 is 15.6 Å². The summed E-state index contributed by atoms with van der Waals surface area (Å²) in [5, 5.41) is 6.91. The molecule has 2 aromatic rings. The van der Waals surface area contributed by atoms with Gasteiger partial charge in [0.15, 0.2) is 5.82 Å². The van der Waals surface area contributed by atoms with E-state index in [4.69, 9.17) is 9.47 Å². The Morgan fingerprint density at radius 1 is 1.34 bits per heavy atom. The molecule has 29 heavy (non-hydrogen) atoms. The van der Waals surface area contributed by atoms with Crippen LogP contribution in [0.15, 0.2) is 24.4 Å². The molecular formula is C19H24N4O5S. The minimum Gasteiger partial charge on any atom is -0.487 e. The molecule has 9 nitrogen and oxygen atoms in total. The van der Waals surface area contributed by atoms with E-state index in [1.54, 1.807) is 36.1 Å². The molecule has 0 saturated carbocycles. The van der Waals surface area contributed by atoms with E-state index in [1.807, 2.05) is 13.8 Å². The lowest BCUT2D eigenvalue weighted by molar-refractivity contribution is 0.0756. The molecule has 0 unspecified atom stereocenters. The van der Waals surface area contributed by atoms with Crippen molar-refractivity contribution >= 4 is 21.7 Å². The summed E-state index contributed by atoms with van der Waals surface area (Å²) < 4.78 is 38.2. The average molecular weight is 420 g/mol. The van der Waals surface area contributed by atoms with Gasteiger partial charge in [0.05, 0.1) is 19.3 Å². The van der Waals surface area contributed by atoms with Crippen LogP contribution >= 0.6 is 0 Å². The van der Waals surface area contributed by atoms with Gasteiger partial charge in [-0.3, -0.25) is 9.48 Å². The number of ether oxygens (including phenoxy) is 2. The number of anilines is 1. The van der Waals surface area contributed by atoms with Crippen molar-refractivity contribution in [3.05, 3.63) is 35.5 Å². The summed E-state index contributed by atoms with van der Waals surface area (Å²) in [4.78, 5) is 12.7. The number of carbonyl (C=O) groups excluding carboxylic acids is 1. The van der Waals surface area contributed by atoms with Crippen LogP contribution < -0.4 is 14.8 Å². The number of hydrogen-bond acceptors (Lipinski definition) is 6. The second-order valence-corrected chi connectivity index (χ2v) is 10.1. The Morgan fingerprint density at radius 2 is 2.07 bits per heavy atom. The topological polar surface area (TPSA) is 103 Å². The molecule has 1 N–H and O–H groups in total. The highest BCUT2D eigenvalue weighted by Gasteiger charge is 2.38. The van der Waals surface area contributed by atoms with Crippen LogP contribution in [0, 0.1) is 0 Å². The third-order valence-corrected chi connectivity index (χ3v) is 6.19. The first-order valence-electron chi connectivity index (χ1n) is 9.29. The Hall–Kier alpha value is -2.59. The van der Waals surface area contributed by atoms with Gasteiger partial charge in [-0.05, 0) is 26.0 Å². The first-order chi connectivity index (χ1) is 13.5. The van der Waals surface area contributed by atoms with Crippen LogP contribution in [0.5, 0.6) is 11.5 Å². The minimum atomic E-state index is -3.22. The smallest absolute Gasteiger partial charge is 0.257 e. The van der Waals surface area contributed by atoms with Crippen LogP contribution in [0.1, 0.15) is 29.8 Å². The molecule has 10 heteroatoms. The first-order valence-corrected chi connectivity index (χ1v) is 11.1. The highest BCUT2D eigenvalue weighted by molar-refractivity contribution is 7.88. The van der Waals surface area contributed by atoms with Crippen molar-refractivity contribution in [2.45, 2.75) is 32.0 Å². The minimum absolute atomic E-state index is 0.258. The van der Waals surface area contributed by atoms with Crippen LogP contribution in [-0.2, 0) is 23.5 Å². The normalized spacial score (nSPS) is 18.6. The SMILES string of the molecule is Cn1ccc(NC(=O)c2cc(OC3CN(S(C)(=O)=O)C3)c3c(c2)OC(C)(C)C3)n1. The largest absolute Gasteiger partial charge is 0.487 e. The molecular weight excluding hydrogens is 396 g/mol. The molecule has 2 aliphatic heterocycles. The molecule has 2 aliphatic rings. The van der Waals surface area contributed by atoms with Gasteiger partial charge in [0.2, 0.25) is 10.0 Å². The van der Waals surface area contributed by atoms with E-state index in [-0.39, 0.29) is 12.0 Å².